The molecule has 0 aliphatic heterocycles. The summed E-state index contributed by atoms with van der Waals surface area (Å²) in [6, 6.07) is 8.93. The van der Waals surface area contributed by atoms with Gasteiger partial charge in [0, 0.05) is 35.5 Å². The van der Waals surface area contributed by atoms with Gasteiger partial charge in [0.25, 0.3) is 0 Å². The van der Waals surface area contributed by atoms with E-state index in [2.05, 4.69) is 78.2 Å². The molecule has 0 aliphatic rings. The molecular weight excluding hydrogens is 346 g/mol. The van der Waals surface area contributed by atoms with Gasteiger partial charge in [-0.2, -0.15) is 0 Å². The van der Waals surface area contributed by atoms with Crippen molar-refractivity contribution in [3.8, 4) is 0 Å². The Morgan fingerprint density at radius 1 is 1.29 bits per heavy atom. The van der Waals surface area contributed by atoms with E-state index in [9.17, 15) is 0 Å². The highest BCUT2D eigenvalue weighted by Gasteiger charge is 2.11. The topological polar surface area (TPSA) is 28.2 Å². The number of benzene rings is 1. The van der Waals surface area contributed by atoms with E-state index in [-0.39, 0.29) is 0 Å². The summed E-state index contributed by atoms with van der Waals surface area (Å²) >= 11 is 5.24. The molecule has 0 radical (unpaired) electrons. The first kappa shape index (κ1) is 16.5. The average molecular weight is 368 g/mol. The van der Waals surface area contributed by atoms with Gasteiger partial charge in [0.05, 0.1) is 5.69 Å². The first-order chi connectivity index (χ1) is 9.95. The molecule has 1 aromatic heterocycles. The molecule has 2 aromatic rings. The molecule has 0 saturated carbocycles. The summed E-state index contributed by atoms with van der Waals surface area (Å²) in [5, 5.41) is 4.54. The van der Waals surface area contributed by atoms with E-state index in [1.54, 1.807) is 11.3 Å². The zero-order valence-corrected chi connectivity index (χ0v) is 15.4. The van der Waals surface area contributed by atoms with Crippen molar-refractivity contribution < 1.29 is 0 Å². The van der Waals surface area contributed by atoms with Gasteiger partial charge in [0.1, 0.15) is 0 Å². The quantitative estimate of drug-likeness (QED) is 0.822. The lowest BCUT2D eigenvalue weighted by molar-refractivity contribution is 0.591. The van der Waals surface area contributed by atoms with Crippen molar-refractivity contribution in [3.05, 3.63) is 44.9 Å². The van der Waals surface area contributed by atoms with E-state index in [1.807, 2.05) is 0 Å². The number of halogens is 1. The maximum absolute atomic E-state index is 4.70. The van der Waals surface area contributed by atoms with Crippen LogP contribution in [-0.4, -0.2) is 18.1 Å². The van der Waals surface area contributed by atoms with Crippen LogP contribution in [0.25, 0.3) is 0 Å². The van der Waals surface area contributed by atoms with Crippen molar-refractivity contribution in [1.82, 2.24) is 10.3 Å². The summed E-state index contributed by atoms with van der Waals surface area (Å²) in [6.45, 7) is 8.18. The van der Waals surface area contributed by atoms with Gasteiger partial charge in [0.2, 0.25) is 0 Å². The summed E-state index contributed by atoms with van der Waals surface area (Å²) in [4.78, 5) is 8.23. The second-order valence-corrected chi connectivity index (χ2v) is 7.50. The van der Waals surface area contributed by atoms with E-state index in [1.165, 1.54) is 10.4 Å². The predicted octanol–water partition coefficient (Wildman–Crippen LogP) is 4.35. The Hall–Kier alpha value is -0.910. The van der Waals surface area contributed by atoms with Crippen molar-refractivity contribution in [2.75, 3.05) is 11.9 Å². The third-order valence-corrected chi connectivity index (χ3v) is 5.01. The molecule has 2 rings (SSSR count). The smallest absolute Gasteiger partial charge is 0.185 e. The van der Waals surface area contributed by atoms with E-state index < -0.39 is 0 Å². The van der Waals surface area contributed by atoms with Crippen molar-refractivity contribution in [2.24, 2.45) is 0 Å². The zero-order valence-electron chi connectivity index (χ0n) is 13.0. The van der Waals surface area contributed by atoms with Gasteiger partial charge >= 0.3 is 0 Å². The molecule has 0 amide bonds. The number of thiazole rings is 1. The number of rotatable bonds is 6. The SMILES string of the molecule is Cc1nc(N(C)Cc2ccc(Br)cc2)sc1CNC(C)C. The number of aryl methyl sites for hydroxylation is 1. The summed E-state index contributed by atoms with van der Waals surface area (Å²) in [5.74, 6) is 0. The van der Waals surface area contributed by atoms with E-state index in [4.69, 9.17) is 4.98 Å². The molecule has 0 unspecified atom stereocenters. The summed E-state index contributed by atoms with van der Waals surface area (Å²) in [5.41, 5.74) is 2.42. The minimum absolute atomic E-state index is 0.496. The highest BCUT2D eigenvalue weighted by atomic mass is 79.9. The van der Waals surface area contributed by atoms with Crippen molar-refractivity contribution in [2.45, 2.75) is 39.9 Å². The van der Waals surface area contributed by atoms with Crippen LogP contribution in [0.1, 0.15) is 30.0 Å². The first-order valence-electron chi connectivity index (χ1n) is 7.11. The molecule has 21 heavy (non-hydrogen) atoms. The predicted molar refractivity (Wildman–Crippen MR) is 95.1 cm³/mol. The molecule has 0 bridgehead atoms. The Balaban J connectivity index is 2.03. The lowest BCUT2D eigenvalue weighted by atomic mass is 10.2. The van der Waals surface area contributed by atoms with Gasteiger partial charge in [-0.15, -0.1) is 11.3 Å². The van der Waals surface area contributed by atoms with Gasteiger partial charge in [0.15, 0.2) is 5.13 Å². The molecule has 3 nitrogen and oxygen atoms in total. The molecule has 114 valence electrons. The van der Waals surface area contributed by atoms with Crippen LogP contribution in [0.2, 0.25) is 0 Å². The molecule has 0 saturated heterocycles. The first-order valence-corrected chi connectivity index (χ1v) is 8.72. The monoisotopic (exact) mass is 367 g/mol. The van der Waals surface area contributed by atoms with Crippen LogP contribution in [0.5, 0.6) is 0 Å². The highest BCUT2D eigenvalue weighted by Crippen LogP contribution is 2.26. The Bertz CT molecular complexity index is 578. The number of anilines is 1. The van der Waals surface area contributed by atoms with Crippen LogP contribution in [0.3, 0.4) is 0 Å². The summed E-state index contributed by atoms with van der Waals surface area (Å²) in [6.07, 6.45) is 0. The molecule has 0 atom stereocenters. The molecule has 5 heteroatoms. The Morgan fingerprint density at radius 2 is 1.95 bits per heavy atom. The lowest BCUT2D eigenvalue weighted by Gasteiger charge is -2.15. The maximum atomic E-state index is 4.70. The van der Waals surface area contributed by atoms with Crippen molar-refractivity contribution in [3.63, 3.8) is 0 Å². The Morgan fingerprint density at radius 3 is 2.57 bits per heavy atom. The molecule has 1 N–H and O–H groups in total. The molecule has 0 spiro atoms. The van der Waals surface area contributed by atoms with Gasteiger partial charge in [-0.05, 0) is 24.6 Å². The molecule has 1 heterocycles. The third kappa shape index (κ3) is 4.80. The largest absolute Gasteiger partial charge is 0.347 e. The van der Waals surface area contributed by atoms with Crippen LogP contribution in [-0.2, 0) is 13.1 Å². The molecule has 1 aromatic carbocycles. The van der Waals surface area contributed by atoms with E-state index in [0.29, 0.717) is 6.04 Å². The Kier molecular flexibility index (Phi) is 5.79. The standard InChI is InChI=1S/C16H22BrN3S/c1-11(2)18-9-15-12(3)19-16(21-15)20(4)10-13-5-7-14(17)8-6-13/h5-8,11,18H,9-10H2,1-4H3. The number of hydrogen-bond donors (Lipinski definition) is 1. The fraction of sp³-hybridized carbons (Fsp3) is 0.438. The van der Waals surface area contributed by atoms with Crippen molar-refractivity contribution in [1.29, 1.82) is 0 Å². The Labute approximate surface area is 139 Å². The number of nitrogens with one attached hydrogen (secondary N) is 1. The van der Waals surface area contributed by atoms with E-state index >= 15 is 0 Å². The minimum Gasteiger partial charge on any atom is -0.347 e. The fourth-order valence-corrected chi connectivity index (χ4v) is 3.20. The van der Waals surface area contributed by atoms with Gasteiger partial charge in [-0.1, -0.05) is 41.9 Å². The molecular formula is C16H22BrN3S. The second-order valence-electron chi connectivity index (χ2n) is 5.52. The summed E-state index contributed by atoms with van der Waals surface area (Å²) in [7, 11) is 2.10. The fourth-order valence-electron chi connectivity index (χ4n) is 1.97. The van der Waals surface area contributed by atoms with Gasteiger partial charge < -0.3 is 10.2 Å². The van der Waals surface area contributed by atoms with Crippen LogP contribution in [0.15, 0.2) is 28.7 Å². The van der Waals surface area contributed by atoms with Crippen LogP contribution in [0, 0.1) is 6.92 Å². The second kappa shape index (κ2) is 7.38. The van der Waals surface area contributed by atoms with E-state index in [0.717, 1.165) is 28.4 Å². The number of nitrogens with zero attached hydrogens (tertiary/aromatic N) is 2. The molecule has 0 fully saturated rings. The minimum atomic E-state index is 0.496. The van der Waals surface area contributed by atoms with Gasteiger partial charge in [-0.25, -0.2) is 4.98 Å². The number of hydrogen-bond acceptors (Lipinski definition) is 4. The van der Waals surface area contributed by atoms with Gasteiger partial charge in [-0.3, -0.25) is 0 Å². The maximum Gasteiger partial charge on any atom is 0.185 e. The molecule has 0 aliphatic carbocycles. The zero-order chi connectivity index (χ0) is 15.4. The average Bonchev–Trinajstić information content (AvgIpc) is 2.80. The summed E-state index contributed by atoms with van der Waals surface area (Å²) < 4.78 is 1.11. The van der Waals surface area contributed by atoms with Crippen LogP contribution >= 0.6 is 27.3 Å². The number of aromatic nitrogens is 1. The lowest BCUT2D eigenvalue weighted by Crippen LogP contribution is -2.21. The van der Waals surface area contributed by atoms with Crippen LogP contribution in [0.4, 0.5) is 5.13 Å². The van der Waals surface area contributed by atoms with Crippen LogP contribution < -0.4 is 10.2 Å². The normalized spacial score (nSPS) is 11.1. The highest BCUT2D eigenvalue weighted by molar-refractivity contribution is 9.10. The van der Waals surface area contributed by atoms with Crippen molar-refractivity contribution >= 4 is 32.4 Å². The third-order valence-electron chi connectivity index (χ3n) is 3.21.